The van der Waals surface area contributed by atoms with E-state index in [2.05, 4.69) is 6.92 Å². The fraction of sp³-hybridized carbons (Fsp3) is 1.00. The summed E-state index contributed by atoms with van der Waals surface area (Å²) in [7, 11) is 0. The fourth-order valence-corrected chi connectivity index (χ4v) is 0.761. The Hall–Kier alpha value is -0.0800. The SMILES string of the molecule is CCC1OC1(C)N. The highest BCUT2D eigenvalue weighted by Gasteiger charge is 2.47. The van der Waals surface area contributed by atoms with Gasteiger partial charge in [0.05, 0.1) is 0 Å². The van der Waals surface area contributed by atoms with Gasteiger partial charge in [-0.25, -0.2) is 0 Å². The molecule has 1 rings (SSSR count). The summed E-state index contributed by atoms with van der Waals surface area (Å²) in [6.45, 7) is 3.98. The van der Waals surface area contributed by atoms with Crippen LogP contribution in [-0.2, 0) is 4.74 Å². The van der Waals surface area contributed by atoms with Crippen molar-refractivity contribution in [3.8, 4) is 0 Å². The van der Waals surface area contributed by atoms with Crippen molar-refractivity contribution in [2.75, 3.05) is 0 Å². The Morgan fingerprint density at radius 1 is 1.86 bits per heavy atom. The zero-order valence-corrected chi connectivity index (χ0v) is 4.77. The maximum absolute atomic E-state index is 5.50. The largest absolute Gasteiger partial charge is 0.351 e. The molecule has 1 saturated heterocycles. The number of epoxide rings is 1. The van der Waals surface area contributed by atoms with Crippen molar-refractivity contribution in [2.45, 2.75) is 32.1 Å². The minimum Gasteiger partial charge on any atom is -0.351 e. The Kier molecular flexibility index (Phi) is 0.869. The zero-order valence-electron chi connectivity index (χ0n) is 4.77. The molecule has 0 aromatic carbocycles. The molecular formula is C5H11NO. The standard InChI is InChI=1S/C5H11NO/c1-3-4-5(2,6)7-4/h4H,3,6H2,1-2H3. The summed E-state index contributed by atoms with van der Waals surface area (Å²) in [5, 5.41) is 0. The van der Waals surface area contributed by atoms with Gasteiger partial charge < -0.3 is 10.5 Å². The van der Waals surface area contributed by atoms with Gasteiger partial charge in [0.1, 0.15) is 11.8 Å². The normalized spacial score (nSPS) is 49.3. The van der Waals surface area contributed by atoms with Gasteiger partial charge in [0.25, 0.3) is 0 Å². The molecule has 0 spiro atoms. The Bertz CT molecular complexity index is 80.1. The maximum atomic E-state index is 5.50. The van der Waals surface area contributed by atoms with Crippen LogP contribution in [0.5, 0.6) is 0 Å². The van der Waals surface area contributed by atoms with Crippen molar-refractivity contribution in [2.24, 2.45) is 5.73 Å². The summed E-state index contributed by atoms with van der Waals surface area (Å²) >= 11 is 0. The Balaban J connectivity index is 2.30. The number of rotatable bonds is 1. The van der Waals surface area contributed by atoms with E-state index in [1.165, 1.54) is 0 Å². The van der Waals surface area contributed by atoms with Crippen molar-refractivity contribution in [1.29, 1.82) is 0 Å². The molecule has 7 heavy (non-hydrogen) atoms. The molecule has 2 atom stereocenters. The highest BCUT2D eigenvalue weighted by molar-refractivity contribution is 4.91. The highest BCUT2D eigenvalue weighted by atomic mass is 16.6. The number of hydrogen-bond acceptors (Lipinski definition) is 2. The first-order chi connectivity index (χ1) is 3.17. The molecule has 2 N–H and O–H groups in total. The molecular weight excluding hydrogens is 90.1 g/mol. The van der Waals surface area contributed by atoms with E-state index in [1.54, 1.807) is 0 Å². The minimum atomic E-state index is -0.283. The van der Waals surface area contributed by atoms with Crippen molar-refractivity contribution in [3.63, 3.8) is 0 Å². The van der Waals surface area contributed by atoms with Gasteiger partial charge in [-0.05, 0) is 13.3 Å². The molecule has 1 fully saturated rings. The van der Waals surface area contributed by atoms with Crippen LogP contribution in [0, 0.1) is 0 Å². The van der Waals surface area contributed by atoms with Gasteiger partial charge in [-0.2, -0.15) is 0 Å². The van der Waals surface area contributed by atoms with Crippen LogP contribution < -0.4 is 5.73 Å². The molecule has 0 amide bonds. The van der Waals surface area contributed by atoms with Gasteiger partial charge in [-0.1, -0.05) is 6.92 Å². The third-order valence-corrected chi connectivity index (χ3v) is 1.35. The van der Waals surface area contributed by atoms with Crippen molar-refractivity contribution in [1.82, 2.24) is 0 Å². The number of ether oxygens (including phenoxy) is 1. The van der Waals surface area contributed by atoms with Gasteiger partial charge in [0, 0.05) is 0 Å². The quantitative estimate of drug-likeness (QED) is 0.487. The summed E-state index contributed by atoms with van der Waals surface area (Å²) in [4.78, 5) is 0. The first-order valence-corrected chi connectivity index (χ1v) is 2.63. The lowest BCUT2D eigenvalue weighted by Crippen LogP contribution is -2.21. The van der Waals surface area contributed by atoms with E-state index in [9.17, 15) is 0 Å². The van der Waals surface area contributed by atoms with E-state index in [-0.39, 0.29) is 5.72 Å². The Labute approximate surface area is 43.6 Å². The van der Waals surface area contributed by atoms with Crippen LogP contribution in [0.1, 0.15) is 20.3 Å². The second-order valence-corrected chi connectivity index (χ2v) is 2.20. The molecule has 0 radical (unpaired) electrons. The lowest BCUT2D eigenvalue weighted by Gasteiger charge is -1.89. The molecule has 0 aliphatic carbocycles. The molecule has 0 saturated carbocycles. The molecule has 1 aliphatic rings. The lowest BCUT2D eigenvalue weighted by molar-refractivity contribution is 0.313. The second kappa shape index (κ2) is 1.20. The van der Waals surface area contributed by atoms with Gasteiger partial charge in [-0.15, -0.1) is 0 Å². The molecule has 42 valence electrons. The third kappa shape index (κ3) is 0.763. The lowest BCUT2D eigenvalue weighted by atomic mass is 10.2. The van der Waals surface area contributed by atoms with E-state index >= 15 is 0 Å². The topological polar surface area (TPSA) is 38.5 Å². The summed E-state index contributed by atoms with van der Waals surface area (Å²) in [6, 6.07) is 0. The summed E-state index contributed by atoms with van der Waals surface area (Å²) in [6.07, 6.45) is 1.36. The molecule has 1 aliphatic heterocycles. The van der Waals surface area contributed by atoms with Crippen molar-refractivity contribution >= 4 is 0 Å². The average Bonchev–Trinajstić information content (AvgIpc) is 2.13. The van der Waals surface area contributed by atoms with E-state index in [0.29, 0.717) is 6.10 Å². The van der Waals surface area contributed by atoms with Crippen molar-refractivity contribution in [3.05, 3.63) is 0 Å². The number of nitrogens with two attached hydrogens (primary N) is 1. The van der Waals surface area contributed by atoms with Crippen LogP contribution in [-0.4, -0.2) is 11.8 Å². The van der Waals surface area contributed by atoms with Crippen LogP contribution in [0.25, 0.3) is 0 Å². The molecule has 2 heteroatoms. The summed E-state index contributed by atoms with van der Waals surface area (Å²) < 4.78 is 5.03. The van der Waals surface area contributed by atoms with E-state index in [4.69, 9.17) is 10.5 Å². The minimum absolute atomic E-state index is 0.283. The van der Waals surface area contributed by atoms with Crippen LogP contribution in [0.3, 0.4) is 0 Å². The first-order valence-electron chi connectivity index (χ1n) is 2.63. The maximum Gasteiger partial charge on any atom is 0.140 e. The molecule has 0 aromatic heterocycles. The van der Waals surface area contributed by atoms with Crippen molar-refractivity contribution < 1.29 is 4.74 Å². The zero-order chi connectivity index (χ0) is 5.49. The van der Waals surface area contributed by atoms with Gasteiger partial charge in [-0.3, -0.25) is 0 Å². The van der Waals surface area contributed by atoms with Gasteiger partial charge in [0.15, 0.2) is 0 Å². The van der Waals surface area contributed by atoms with Gasteiger partial charge in [0.2, 0.25) is 0 Å². The highest BCUT2D eigenvalue weighted by Crippen LogP contribution is 2.31. The smallest absolute Gasteiger partial charge is 0.140 e. The second-order valence-electron chi connectivity index (χ2n) is 2.20. The van der Waals surface area contributed by atoms with E-state index < -0.39 is 0 Å². The van der Waals surface area contributed by atoms with Crippen LogP contribution in [0.4, 0.5) is 0 Å². The molecule has 0 aromatic rings. The third-order valence-electron chi connectivity index (χ3n) is 1.35. The van der Waals surface area contributed by atoms with Crippen LogP contribution in [0.2, 0.25) is 0 Å². The van der Waals surface area contributed by atoms with E-state index in [1.807, 2.05) is 6.92 Å². The summed E-state index contributed by atoms with van der Waals surface area (Å²) in [5.74, 6) is 0. The number of hydrogen-bond donors (Lipinski definition) is 1. The molecule has 2 nitrogen and oxygen atoms in total. The summed E-state index contributed by atoms with van der Waals surface area (Å²) in [5.41, 5.74) is 5.21. The predicted molar refractivity (Wildman–Crippen MR) is 27.8 cm³/mol. The molecule has 1 heterocycles. The van der Waals surface area contributed by atoms with Gasteiger partial charge >= 0.3 is 0 Å². The average molecular weight is 101 g/mol. The Morgan fingerprint density at radius 2 is 2.29 bits per heavy atom. The molecule has 0 bridgehead atoms. The fourth-order valence-electron chi connectivity index (χ4n) is 0.761. The predicted octanol–water partition coefficient (Wildman–Crippen LogP) is 0.470. The van der Waals surface area contributed by atoms with Crippen LogP contribution in [0.15, 0.2) is 0 Å². The molecule has 2 unspecified atom stereocenters. The van der Waals surface area contributed by atoms with E-state index in [0.717, 1.165) is 6.42 Å². The van der Waals surface area contributed by atoms with Crippen LogP contribution >= 0.6 is 0 Å². The first kappa shape index (κ1) is 5.06. The monoisotopic (exact) mass is 101 g/mol. The Morgan fingerprint density at radius 3 is 2.29 bits per heavy atom.